The predicted octanol–water partition coefficient (Wildman–Crippen LogP) is 2.56. The molecule has 0 atom stereocenters. The normalized spacial score (nSPS) is 15.4. The fourth-order valence-corrected chi connectivity index (χ4v) is 2.56. The topological polar surface area (TPSA) is 64.1 Å². The quantitative estimate of drug-likeness (QED) is 0.269. The molecule has 2 rings (SSSR count). The number of nitrogens with zero attached hydrogens (tertiary/aromatic N) is 1. The Balaban J connectivity index is 0.00000312. The summed E-state index contributed by atoms with van der Waals surface area (Å²) in [5.41, 5.74) is 1.15. The molecule has 2 N–H and O–H groups in total. The minimum Gasteiger partial charge on any atom is -0.497 e. The maximum Gasteiger partial charge on any atom is 0.191 e. The van der Waals surface area contributed by atoms with Crippen molar-refractivity contribution in [2.45, 2.75) is 31.9 Å². The average Bonchev–Trinajstić information content (AvgIpc) is 2.65. The number of halogens is 1. The van der Waals surface area contributed by atoms with E-state index in [1.165, 1.54) is 0 Å². The lowest BCUT2D eigenvalue weighted by atomic mass is 10.1. The van der Waals surface area contributed by atoms with Gasteiger partial charge in [0.1, 0.15) is 5.75 Å². The predicted molar refractivity (Wildman–Crippen MR) is 111 cm³/mol. The zero-order valence-electron chi connectivity index (χ0n) is 15.1. The molecule has 1 aliphatic rings. The van der Waals surface area contributed by atoms with Crippen LogP contribution in [0.4, 0.5) is 0 Å². The zero-order chi connectivity index (χ0) is 17.0. The third-order valence-corrected chi connectivity index (χ3v) is 3.95. The van der Waals surface area contributed by atoms with Crippen LogP contribution in [0.5, 0.6) is 5.75 Å². The number of methoxy groups -OCH3 is 1. The summed E-state index contributed by atoms with van der Waals surface area (Å²) in [7, 11) is 3.45. The van der Waals surface area contributed by atoms with Gasteiger partial charge < -0.3 is 24.8 Å². The number of rotatable bonds is 8. The van der Waals surface area contributed by atoms with Crippen molar-refractivity contribution in [2.75, 3.05) is 40.5 Å². The molecule has 0 aromatic heterocycles. The molecule has 0 unspecified atom stereocenters. The van der Waals surface area contributed by atoms with Crippen molar-refractivity contribution < 1.29 is 14.2 Å². The molecular formula is C18H30IN3O3. The standard InChI is InChI=1S/C18H29N3O3.HI/c1-19-18(21-14-15-5-3-6-17(13-15)22-2)20-9-4-10-24-16-7-11-23-12-8-16;/h3,5-6,13,16H,4,7-12,14H2,1-2H3,(H2,19,20,21);1H. The molecule has 0 amide bonds. The van der Waals surface area contributed by atoms with Crippen LogP contribution in [0.3, 0.4) is 0 Å². The molecule has 0 radical (unpaired) electrons. The number of benzene rings is 1. The molecule has 0 bridgehead atoms. The van der Waals surface area contributed by atoms with E-state index in [2.05, 4.69) is 21.7 Å². The lowest BCUT2D eigenvalue weighted by molar-refractivity contribution is -0.0320. The van der Waals surface area contributed by atoms with E-state index in [1.807, 2.05) is 18.2 Å². The van der Waals surface area contributed by atoms with Crippen LogP contribution in [-0.4, -0.2) is 52.6 Å². The molecule has 7 heteroatoms. The smallest absolute Gasteiger partial charge is 0.191 e. The van der Waals surface area contributed by atoms with E-state index in [4.69, 9.17) is 14.2 Å². The Morgan fingerprint density at radius 1 is 1.28 bits per heavy atom. The van der Waals surface area contributed by atoms with Gasteiger partial charge in [-0.05, 0) is 37.0 Å². The van der Waals surface area contributed by atoms with Crippen molar-refractivity contribution in [1.82, 2.24) is 10.6 Å². The number of hydrogen-bond acceptors (Lipinski definition) is 4. The Morgan fingerprint density at radius 2 is 2.08 bits per heavy atom. The van der Waals surface area contributed by atoms with E-state index < -0.39 is 0 Å². The lowest BCUT2D eigenvalue weighted by Gasteiger charge is -2.22. The SMILES string of the molecule is CN=C(NCCCOC1CCOCC1)NCc1cccc(OC)c1.I. The van der Waals surface area contributed by atoms with Crippen LogP contribution >= 0.6 is 24.0 Å². The Bertz CT molecular complexity index is 508. The molecule has 1 aliphatic heterocycles. The van der Waals surface area contributed by atoms with Crippen LogP contribution in [-0.2, 0) is 16.0 Å². The van der Waals surface area contributed by atoms with Crippen LogP contribution < -0.4 is 15.4 Å². The van der Waals surface area contributed by atoms with Crippen molar-refractivity contribution in [3.63, 3.8) is 0 Å². The summed E-state index contributed by atoms with van der Waals surface area (Å²) >= 11 is 0. The summed E-state index contributed by atoms with van der Waals surface area (Å²) in [6.07, 6.45) is 3.34. The molecule has 1 fully saturated rings. The number of guanidine groups is 1. The summed E-state index contributed by atoms with van der Waals surface area (Å²) in [5.74, 6) is 1.66. The third-order valence-electron chi connectivity index (χ3n) is 3.95. The second-order valence-corrected chi connectivity index (χ2v) is 5.74. The molecule has 0 spiro atoms. The van der Waals surface area contributed by atoms with E-state index in [1.54, 1.807) is 14.2 Å². The van der Waals surface area contributed by atoms with Crippen LogP contribution in [0.2, 0.25) is 0 Å². The largest absolute Gasteiger partial charge is 0.497 e. The first kappa shape index (κ1) is 22.0. The number of hydrogen-bond donors (Lipinski definition) is 2. The highest BCUT2D eigenvalue weighted by molar-refractivity contribution is 14.0. The van der Waals surface area contributed by atoms with E-state index >= 15 is 0 Å². The number of aliphatic imine (C=N–C) groups is 1. The van der Waals surface area contributed by atoms with Gasteiger partial charge in [-0.25, -0.2) is 0 Å². The minimum absolute atomic E-state index is 0. The van der Waals surface area contributed by atoms with Crippen LogP contribution in [0.15, 0.2) is 29.3 Å². The van der Waals surface area contributed by atoms with Gasteiger partial charge in [-0.3, -0.25) is 4.99 Å². The molecule has 1 saturated heterocycles. The van der Waals surface area contributed by atoms with Gasteiger partial charge in [0.25, 0.3) is 0 Å². The highest BCUT2D eigenvalue weighted by Gasteiger charge is 2.13. The van der Waals surface area contributed by atoms with Gasteiger partial charge in [-0.15, -0.1) is 24.0 Å². The molecule has 1 aromatic rings. The fraction of sp³-hybridized carbons (Fsp3) is 0.611. The molecule has 0 saturated carbocycles. The summed E-state index contributed by atoms with van der Waals surface area (Å²) in [5, 5.41) is 6.61. The molecule has 25 heavy (non-hydrogen) atoms. The Kier molecular flexibility index (Phi) is 11.6. The van der Waals surface area contributed by atoms with Crippen molar-refractivity contribution >= 4 is 29.9 Å². The Labute approximate surface area is 167 Å². The first-order valence-corrected chi connectivity index (χ1v) is 8.58. The van der Waals surface area contributed by atoms with Gasteiger partial charge in [0, 0.05) is 40.0 Å². The zero-order valence-corrected chi connectivity index (χ0v) is 17.5. The van der Waals surface area contributed by atoms with Crippen molar-refractivity contribution in [1.29, 1.82) is 0 Å². The Morgan fingerprint density at radius 3 is 2.80 bits per heavy atom. The minimum atomic E-state index is 0. The number of ether oxygens (including phenoxy) is 3. The van der Waals surface area contributed by atoms with Gasteiger partial charge in [0.05, 0.1) is 13.2 Å². The third kappa shape index (κ3) is 8.73. The highest BCUT2D eigenvalue weighted by atomic mass is 127. The second kappa shape index (κ2) is 13.2. The maximum atomic E-state index is 5.86. The molecular weight excluding hydrogens is 433 g/mol. The van der Waals surface area contributed by atoms with Gasteiger partial charge in [-0.1, -0.05) is 12.1 Å². The van der Waals surface area contributed by atoms with Crippen molar-refractivity contribution in [3.05, 3.63) is 29.8 Å². The van der Waals surface area contributed by atoms with E-state index in [9.17, 15) is 0 Å². The van der Waals surface area contributed by atoms with E-state index in [-0.39, 0.29) is 24.0 Å². The molecule has 0 aliphatic carbocycles. The summed E-state index contributed by atoms with van der Waals surface area (Å²) < 4.78 is 16.4. The summed E-state index contributed by atoms with van der Waals surface area (Å²) in [6.45, 7) is 3.95. The first-order valence-electron chi connectivity index (χ1n) is 8.58. The highest BCUT2D eigenvalue weighted by Crippen LogP contribution is 2.12. The lowest BCUT2D eigenvalue weighted by Crippen LogP contribution is -2.37. The summed E-state index contributed by atoms with van der Waals surface area (Å²) in [4.78, 5) is 4.24. The Hall–Kier alpha value is -1.06. The van der Waals surface area contributed by atoms with Crippen LogP contribution in [0.25, 0.3) is 0 Å². The monoisotopic (exact) mass is 463 g/mol. The van der Waals surface area contributed by atoms with Crippen molar-refractivity contribution in [3.8, 4) is 5.75 Å². The van der Waals surface area contributed by atoms with Crippen molar-refractivity contribution in [2.24, 2.45) is 4.99 Å². The van der Waals surface area contributed by atoms with Crippen LogP contribution in [0.1, 0.15) is 24.8 Å². The molecule has 6 nitrogen and oxygen atoms in total. The first-order chi connectivity index (χ1) is 11.8. The molecule has 1 aromatic carbocycles. The molecule has 142 valence electrons. The maximum absolute atomic E-state index is 5.86. The summed E-state index contributed by atoms with van der Waals surface area (Å²) in [6, 6.07) is 8.00. The second-order valence-electron chi connectivity index (χ2n) is 5.74. The van der Waals surface area contributed by atoms with E-state index in [0.29, 0.717) is 12.6 Å². The van der Waals surface area contributed by atoms with Gasteiger partial charge in [0.2, 0.25) is 0 Å². The van der Waals surface area contributed by atoms with Crippen LogP contribution in [0, 0.1) is 0 Å². The van der Waals surface area contributed by atoms with Gasteiger partial charge in [0.15, 0.2) is 5.96 Å². The van der Waals surface area contributed by atoms with Gasteiger partial charge in [-0.2, -0.15) is 0 Å². The van der Waals surface area contributed by atoms with Gasteiger partial charge >= 0.3 is 0 Å². The fourth-order valence-electron chi connectivity index (χ4n) is 2.56. The average molecular weight is 463 g/mol. The number of nitrogens with one attached hydrogen (secondary N) is 2. The van der Waals surface area contributed by atoms with E-state index in [0.717, 1.165) is 62.9 Å². The molecule has 1 heterocycles.